The largest absolute Gasteiger partial charge is 0.493 e. The van der Waals surface area contributed by atoms with Crippen molar-refractivity contribution in [1.82, 2.24) is 0 Å². The van der Waals surface area contributed by atoms with E-state index in [1.165, 1.54) is 5.56 Å². The summed E-state index contributed by atoms with van der Waals surface area (Å²) in [7, 11) is 3.25. The molecule has 1 unspecified atom stereocenters. The van der Waals surface area contributed by atoms with E-state index in [1.807, 2.05) is 37.3 Å². The molecule has 106 valence electrons. The van der Waals surface area contributed by atoms with Crippen molar-refractivity contribution in [3.05, 3.63) is 59.2 Å². The van der Waals surface area contributed by atoms with Crippen LogP contribution in [0.4, 0.5) is 0 Å². The first-order chi connectivity index (χ1) is 9.50. The number of hydrogen-bond acceptors (Lipinski definition) is 3. The Kier molecular flexibility index (Phi) is 4.00. The molecule has 0 spiro atoms. The normalized spacial score (nSPS) is 13.7. The second-order valence-corrected chi connectivity index (χ2v) is 5.09. The minimum Gasteiger partial charge on any atom is -0.493 e. The van der Waals surface area contributed by atoms with Crippen LogP contribution < -0.4 is 15.2 Å². The molecule has 2 aromatic rings. The maximum atomic E-state index is 6.58. The summed E-state index contributed by atoms with van der Waals surface area (Å²) >= 11 is 0. The lowest BCUT2D eigenvalue weighted by molar-refractivity contribution is 0.353. The Labute approximate surface area is 120 Å². The molecule has 2 rings (SSSR count). The minimum atomic E-state index is -0.578. The van der Waals surface area contributed by atoms with Crippen molar-refractivity contribution in [3.63, 3.8) is 0 Å². The third-order valence-electron chi connectivity index (χ3n) is 3.69. The van der Waals surface area contributed by atoms with Gasteiger partial charge in [0.1, 0.15) is 0 Å². The van der Waals surface area contributed by atoms with Crippen LogP contribution in [0.25, 0.3) is 0 Å². The van der Waals surface area contributed by atoms with Crippen LogP contribution in [-0.4, -0.2) is 14.2 Å². The van der Waals surface area contributed by atoms with Crippen molar-refractivity contribution in [1.29, 1.82) is 0 Å². The summed E-state index contributed by atoms with van der Waals surface area (Å²) in [6.45, 7) is 4.08. The van der Waals surface area contributed by atoms with Crippen LogP contribution in [-0.2, 0) is 5.54 Å². The Balaban J connectivity index is 2.52. The Hall–Kier alpha value is -2.00. The van der Waals surface area contributed by atoms with E-state index in [9.17, 15) is 0 Å². The Morgan fingerprint density at radius 3 is 2.20 bits per heavy atom. The molecule has 0 saturated carbocycles. The quantitative estimate of drug-likeness (QED) is 0.928. The van der Waals surface area contributed by atoms with E-state index in [0.29, 0.717) is 11.5 Å². The van der Waals surface area contributed by atoms with E-state index in [1.54, 1.807) is 14.2 Å². The lowest BCUT2D eigenvalue weighted by atomic mass is 9.83. The highest BCUT2D eigenvalue weighted by Crippen LogP contribution is 2.35. The second-order valence-electron chi connectivity index (χ2n) is 5.09. The van der Waals surface area contributed by atoms with Gasteiger partial charge in [0, 0.05) is 0 Å². The molecule has 0 aromatic heterocycles. The van der Waals surface area contributed by atoms with Gasteiger partial charge in [0.15, 0.2) is 11.5 Å². The van der Waals surface area contributed by atoms with Gasteiger partial charge in [0.2, 0.25) is 0 Å². The summed E-state index contributed by atoms with van der Waals surface area (Å²) in [6, 6.07) is 14.0. The number of hydrogen-bond donors (Lipinski definition) is 1. The first-order valence-corrected chi connectivity index (χ1v) is 6.58. The predicted octanol–water partition coefficient (Wildman–Crippen LogP) is 3.23. The molecule has 0 fully saturated rings. The standard InChI is InChI=1S/C17H21NO2/c1-12-7-5-6-8-14(12)17(2,18)13-9-10-15(19-3)16(11-13)20-4/h5-11H,18H2,1-4H3. The van der Waals surface area contributed by atoms with Crippen LogP contribution in [0.15, 0.2) is 42.5 Å². The van der Waals surface area contributed by atoms with Crippen molar-refractivity contribution >= 4 is 0 Å². The number of methoxy groups -OCH3 is 2. The highest BCUT2D eigenvalue weighted by atomic mass is 16.5. The van der Waals surface area contributed by atoms with Gasteiger partial charge in [-0.1, -0.05) is 30.3 Å². The van der Waals surface area contributed by atoms with Gasteiger partial charge in [-0.25, -0.2) is 0 Å². The van der Waals surface area contributed by atoms with Gasteiger partial charge in [0.25, 0.3) is 0 Å². The Bertz CT molecular complexity index is 606. The molecular formula is C17H21NO2. The number of ether oxygens (including phenoxy) is 2. The lowest BCUT2D eigenvalue weighted by Crippen LogP contribution is -2.35. The minimum absolute atomic E-state index is 0.578. The molecule has 0 aliphatic rings. The molecule has 20 heavy (non-hydrogen) atoms. The average Bonchev–Trinajstić information content (AvgIpc) is 2.46. The fraction of sp³-hybridized carbons (Fsp3) is 0.294. The summed E-state index contributed by atoms with van der Waals surface area (Å²) in [6.07, 6.45) is 0. The molecule has 3 nitrogen and oxygen atoms in total. The smallest absolute Gasteiger partial charge is 0.161 e. The van der Waals surface area contributed by atoms with Crippen LogP contribution in [0, 0.1) is 6.92 Å². The van der Waals surface area contributed by atoms with E-state index >= 15 is 0 Å². The fourth-order valence-electron chi connectivity index (χ4n) is 2.47. The lowest BCUT2D eigenvalue weighted by Gasteiger charge is -2.28. The molecule has 0 aliphatic carbocycles. The van der Waals surface area contributed by atoms with E-state index in [0.717, 1.165) is 11.1 Å². The zero-order valence-electron chi connectivity index (χ0n) is 12.4. The summed E-state index contributed by atoms with van der Waals surface area (Å²) < 4.78 is 10.6. The average molecular weight is 271 g/mol. The summed E-state index contributed by atoms with van der Waals surface area (Å²) in [5, 5.41) is 0. The summed E-state index contributed by atoms with van der Waals surface area (Å²) in [5.41, 5.74) is 9.27. The van der Waals surface area contributed by atoms with Gasteiger partial charge in [-0.05, 0) is 42.7 Å². The van der Waals surface area contributed by atoms with Crippen LogP contribution in [0.3, 0.4) is 0 Å². The molecule has 0 bridgehead atoms. The van der Waals surface area contributed by atoms with Gasteiger partial charge >= 0.3 is 0 Å². The number of aryl methyl sites for hydroxylation is 1. The van der Waals surface area contributed by atoms with Crippen molar-refractivity contribution in [2.24, 2.45) is 5.73 Å². The molecule has 0 amide bonds. The maximum Gasteiger partial charge on any atom is 0.161 e. The first kappa shape index (κ1) is 14.4. The van der Waals surface area contributed by atoms with Crippen LogP contribution >= 0.6 is 0 Å². The van der Waals surface area contributed by atoms with Crippen molar-refractivity contribution in [2.45, 2.75) is 19.4 Å². The SMILES string of the molecule is COc1ccc(C(C)(N)c2ccccc2C)cc1OC. The van der Waals surface area contributed by atoms with Gasteiger partial charge in [-0.15, -0.1) is 0 Å². The molecule has 0 heterocycles. The first-order valence-electron chi connectivity index (χ1n) is 6.58. The van der Waals surface area contributed by atoms with Crippen LogP contribution in [0.1, 0.15) is 23.6 Å². The summed E-state index contributed by atoms with van der Waals surface area (Å²) in [5.74, 6) is 1.40. The van der Waals surface area contributed by atoms with E-state index in [-0.39, 0.29) is 0 Å². The van der Waals surface area contributed by atoms with Crippen LogP contribution in [0.5, 0.6) is 11.5 Å². The van der Waals surface area contributed by atoms with E-state index in [2.05, 4.69) is 19.1 Å². The number of rotatable bonds is 4. The number of nitrogens with two attached hydrogens (primary N) is 1. The highest BCUT2D eigenvalue weighted by Gasteiger charge is 2.26. The topological polar surface area (TPSA) is 44.5 Å². The van der Waals surface area contributed by atoms with Crippen molar-refractivity contribution in [2.75, 3.05) is 14.2 Å². The third kappa shape index (κ3) is 2.49. The van der Waals surface area contributed by atoms with Crippen molar-refractivity contribution in [3.8, 4) is 11.5 Å². The maximum absolute atomic E-state index is 6.58. The second kappa shape index (κ2) is 5.55. The Morgan fingerprint density at radius 2 is 1.60 bits per heavy atom. The van der Waals surface area contributed by atoms with Gasteiger partial charge < -0.3 is 15.2 Å². The van der Waals surface area contributed by atoms with E-state index < -0.39 is 5.54 Å². The fourth-order valence-corrected chi connectivity index (χ4v) is 2.47. The highest BCUT2D eigenvalue weighted by molar-refractivity contribution is 5.49. The zero-order valence-corrected chi connectivity index (χ0v) is 12.4. The predicted molar refractivity (Wildman–Crippen MR) is 81.4 cm³/mol. The molecule has 2 aromatic carbocycles. The zero-order chi connectivity index (χ0) is 14.8. The molecular weight excluding hydrogens is 250 g/mol. The van der Waals surface area contributed by atoms with Crippen molar-refractivity contribution < 1.29 is 9.47 Å². The molecule has 0 saturated heterocycles. The molecule has 0 radical (unpaired) electrons. The molecule has 3 heteroatoms. The number of benzene rings is 2. The molecule has 2 N–H and O–H groups in total. The van der Waals surface area contributed by atoms with Gasteiger partial charge in [-0.3, -0.25) is 0 Å². The van der Waals surface area contributed by atoms with E-state index in [4.69, 9.17) is 15.2 Å². The molecule has 1 atom stereocenters. The summed E-state index contributed by atoms with van der Waals surface area (Å²) in [4.78, 5) is 0. The molecule has 0 aliphatic heterocycles. The Morgan fingerprint density at radius 1 is 0.950 bits per heavy atom. The third-order valence-corrected chi connectivity index (χ3v) is 3.69. The van der Waals surface area contributed by atoms with Gasteiger partial charge in [0.05, 0.1) is 19.8 Å². The monoisotopic (exact) mass is 271 g/mol. The van der Waals surface area contributed by atoms with Crippen LogP contribution in [0.2, 0.25) is 0 Å². The van der Waals surface area contributed by atoms with Gasteiger partial charge in [-0.2, -0.15) is 0 Å².